The second-order valence-corrected chi connectivity index (χ2v) is 7.18. The Morgan fingerprint density at radius 3 is 2.27 bits per heavy atom. The van der Waals surface area contributed by atoms with Crippen LogP contribution in [0.1, 0.15) is 55.5 Å². The third-order valence-corrected chi connectivity index (χ3v) is 4.07. The van der Waals surface area contributed by atoms with Crippen molar-refractivity contribution in [2.45, 2.75) is 46.2 Å². The fourth-order valence-corrected chi connectivity index (χ4v) is 2.81. The third-order valence-electron chi connectivity index (χ3n) is 4.07. The maximum Gasteiger partial charge on any atom is 0.272 e. The maximum absolute atomic E-state index is 14.4. The number of amides is 1. The number of carbonyl (C=O) groups is 1. The second kappa shape index (κ2) is 7.35. The molecule has 1 atom stereocenters. The van der Waals surface area contributed by atoms with Gasteiger partial charge in [-0.2, -0.15) is 5.10 Å². The fourth-order valence-electron chi connectivity index (χ4n) is 2.81. The van der Waals surface area contributed by atoms with E-state index in [-0.39, 0.29) is 11.4 Å². The van der Waals surface area contributed by atoms with E-state index in [0.29, 0.717) is 22.8 Å². The summed E-state index contributed by atoms with van der Waals surface area (Å²) in [5.41, 5.74) is 1.25. The van der Waals surface area contributed by atoms with E-state index in [1.165, 1.54) is 26.4 Å². The van der Waals surface area contributed by atoms with Crippen molar-refractivity contribution in [3.8, 4) is 11.5 Å². The molecule has 1 unspecified atom stereocenters. The number of aryl methyl sites for hydroxylation is 1. The normalized spacial score (nSPS) is 12.6. The van der Waals surface area contributed by atoms with E-state index in [2.05, 4.69) is 10.4 Å². The molecule has 0 aliphatic carbocycles. The van der Waals surface area contributed by atoms with Gasteiger partial charge in [-0.05, 0) is 46.8 Å². The summed E-state index contributed by atoms with van der Waals surface area (Å²) in [6.45, 7) is 9.63. The summed E-state index contributed by atoms with van der Waals surface area (Å²) in [7, 11) is 2.92. The van der Waals surface area contributed by atoms with Gasteiger partial charge >= 0.3 is 0 Å². The lowest BCUT2D eigenvalue weighted by Crippen LogP contribution is -2.29. The van der Waals surface area contributed by atoms with Gasteiger partial charge in [-0.3, -0.25) is 9.48 Å². The van der Waals surface area contributed by atoms with Gasteiger partial charge in [-0.1, -0.05) is 0 Å². The van der Waals surface area contributed by atoms with Crippen molar-refractivity contribution in [2.24, 2.45) is 0 Å². The summed E-state index contributed by atoms with van der Waals surface area (Å²) in [6.07, 6.45) is 0. The number of benzene rings is 1. The lowest BCUT2D eigenvalue weighted by atomic mass is 10.1. The van der Waals surface area contributed by atoms with E-state index in [0.717, 1.165) is 5.69 Å². The number of aromatic nitrogens is 2. The van der Waals surface area contributed by atoms with Crippen LogP contribution in [-0.2, 0) is 5.54 Å². The number of halogens is 1. The Kier molecular flexibility index (Phi) is 5.59. The van der Waals surface area contributed by atoms with Crippen molar-refractivity contribution in [3.05, 3.63) is 41.0 Å². The molecule has 0 aliphatic heterocycles. The molecule has 0 saturated heterocycles. The lowest BCUT2D eigenvalue weighted by molar-refractivity contribution is 0.0932. The van der Waals surface area contributed by atoms with Crippen LogP contribution in [0, 0.1) is 12.7 Å². The van der Waals surface area contributed by atoms with Gasteiger partial charge in [0.25, 0.3) is 5.91 Å². The Bertz CT molecular complexity index is 809. The third kappa shape index (κ3) is 3.98. The van der Waals surface area contributed by atoms with Crippen molar-refractivity contribution >= 4 is 5.91 Å². The van der Waals surface area contributed by atoms with Gasteiger partial charge in [0.1, 0.15) is 11.5 Å². The van der Waals surface area contributed by atoms with Crippen molar-refractivity contribution in [3.63, 3.8) is 0 Å². The molecular formula is C19H26FN3O3. The molecule has 0 bridgehead atoms. The number of ether oxygens (including phenoxy) is 2. The number of carbonyl (C=O) groups excluding carboxylic acids is 1. The van der Waals surface area contributed by atoms with Gasteiger partial charge in [0.2, 0.25) is 0 Å². The van der Waals surface area contributed by atoms with Crippen LogP contribution in [0.4, 0.5) is 4.39 Å². The minimum atomic E-state index is -0.567. The molecule has 1 aromatic carbocycles. The van der Waals surface area contributed by atoms with Crippen LogP contribution in [0.5, 0.6) is 11.5 Å². The highest BCUT2D eigenvalue weighted by molar-refractivity contribution is 5.92. The smallest absolute Gasteiger partial charge is 0.272 e. The molecule has 6 nitrogen and oxygen atoms in total. The van der Waals surface area contributed by atoms with Crippen molar-refractivity contribution in [2.75, 3.05) is 14.2 Å². The van der Waals surface area contributed by atoms with Crippen LogP contribution >= 0.6 is 0 Å². The Labute approximate surface area is 153 Å². The zero-order valence-corrected chi connectivity index (χ0v) is 16.3. The Morgan fingerprint density at radius 2 is 1.77 bits per heavy atom. The van der Waals surface area contributed by atoms with Crippen molar-refractivity contribution in [1.82, 2.24) is 15.1 Å². The predicted octanol–water partition coefficient (Wildman–Crippen LogP) is 3.59. The zero-order chi connectivity index (χ0) is 19.6. The number of nitrogens with one attached hydrogen (secondary N) is 1. The Morgan fingerprint density at radius 1 is 1.19 bits per heavy atom. The number of methoxy groups -OCH3 is 2. The summed E-state index contributed by atoms with van der Waals surface area (Å²) in [4.78, 5) is 12.5. The first-order chi connectivity index (χ1) is 12.1. The average Bonchev–Trinajstić information content (AvgIpc) is 2.96. The first kappa shape index (κ1) is 19.8. The number of rotatable bonds is 5. The summed E-state index contributed by atoms with van der Waals surface area (Å²) >= 11 is 0. The molecule has 0 spiro atoms. The highest BCUT2D eigenvalue weighted by atomic mass is 19.1. The molecule has 2 aromatic rings. The molecule has 2 rings (SSSR count). The van der Waals surface area contributed by atoms with Gasteiger partial charge in [-0.25, -0.2) is 4.39 Å². The van der Waals surface area contributed by atoms with E-state index in [1.807, 2.05) is 27.7 Å². The molecule has 1 N–H and O–H groups in total. The summed E-state index contributed by atoms with van der Waals surface area (Å²) in [5.74, 6) is -0.144. The van der Waals surface area contributed by atoms with Gasteiger partial charge in [0.05, 0.1) is 25.8 Å². The molecule has 142 valence electrons. The standard InChI is InChI=1S/C19H26FN3O3/c1-11-8-15(22-23(11)19(3,4)5)18(24)21-12(2)13-9-16(25-6)17(26-7)10-14(13)20/h8-10,12H,1-7H3,(H,21,24). The van der Waals surface area contributed by atoms with Crippen LogP contribution in [-0.4, -0.2) is 29.9 Å². The fraction of sp³-hybridized carbons (Fsp3) is 0.474. The molecule has 0 radical (unpaired) electrons. The van der Waals surface area contributed by atoms with E-state index in [9.17, 15) is 9.18 Å². The van der Waals surface area contributed by atoms with Crippen LogP contribution < -0.4 is 14.8 Å². The van der Waals surface area contributed by atoms with Gasteiger partial charge < -0.3 is 14.8 Å². The molecule has 1 amide bonds. The highest BCUT2D eigenvalue weighted by Gasteiger charge is 2.23. The zero-order valence-electron chi connectivity index (χ0n) is 16.3. The molecule has 26 heavy (non-hydrogen) atoms. The van der Waals surface area contributed by atoms with Crippen molar-refractivity contribution in [1.29, 1.82) is 0 Å². The monoisotopic (exact) mass is 363 g/mol. The molecule has 0 saturated carbocycles. The van der Waals surface area contributed by atoms with E-state index in [1.54, 1.807) is 17.7 Å². The average molecular weight is 363 g/mol. The number of hydrogen-bond acceptors (Lipinski definition) is 4. The SMILES string of the molecule is COc1cc(F)c(C(C)NC(=O)c2cc(C)n(C(C)(C)C)n2)cc1OC. The maximum atomic E-state index is 14.4. The van der Waals surface area contributed by atoms with E-state index in [4.69, 9.17) is 9.47 Å². The largest absolute Gasteiger partial charge is 0.493 e. The van der Waals surface area contributed by atoms with Crippen LogP contribution in [0.2, 0.25) is 0 Å². The van der Waals surface area contributed by atoms with Gasteiger partial charge in [0, 0.05) is 17.3 Å². The van der Waals surface area contributed by atoms with E-state index < -0.39 is 11.9 Å². The van der Waals surface area contributed by atoms with Crippen LogP contribution in [0.25, 0.3) is 0 Å². The topological polar surface area (TPSA) is 65.4 Å². The van der Waals surface area contributed by atoms with Gasteiger partial charge in [0.15, 0.2) is 11.5 Å². The minimum Gasteiger partial charge on any atom is -0.493 e. The summed E-state index contributed by atoms with van der Waals surface area (Å²) < 4.78 is 26.5. The highest BCUT2D eigenvalue weighted by Crippen LogP contribution is 2.32. The van der Waals surface area contributed by atoms with Crippen molar-refractivity contribution < 1.29 is 18.7 Å². The first-order valence-electron chi connectivity index (χ1n) is 8.38. The molecule has 7 heteroatoms. The number of nitrogens with zero attached hydrogens (tertiary/aromatic N) is 2. The summed E-state index contributed by atoms with van der Waals surface area (Å²) in [6, 6.07) is 3.92. The van der Waals surface area contributed by atoms with Crippen LogP contribution in [0.15, 0.2) is 18.2 Å². The van der Waals surface area contributed by atoms with Crippen LogP contribution in [0.3, 0.4) is 0 Å². The molecule has 1 aromatic heterocycles. The quantitative estimate of drug-likeness (QED) is 0.882. The second-order valence-electron chi connectivity index (χ2n) is 7.18. The molecule has 1 heterocycles. The predicted molar refractivity (Wildman–Crippen MR) is 97.3 cm³/mol. The molecule has 0 aliphatic rings. The number of hydrogen-bond donors (Lipinski definition) is 1. The minimum absolute atomic E-state index is 0.232. The Balaban J connectivity index is 2.25. The molecular weight excluding hydrogens is 337 g/mol. The van der Waals surface area contributed by atoms with E-state index >= 15 is 0 Å². The van der Waals surface area contributed by atoms with Gasteiger partial charge in [-0.15, -0.1) is 0 Å². The lowest BCUT2D eigenvalue weighted by Gasteiger charge is -2.21. The Hall–Kier alpha value is -2.57. The molecule has 0 fully saturated rings. The summed E-state index contributed by atoms with van der Waals surface area (Å²) in [5, 5.41) is 7.16. The first-order valence-corrected chi connectivity index (χ1v) is 8.38.